The minimum absolute atomic E-state index is 0.298. The third-order valence-electron chi connectivity index (χ3n) is 4.08. The summed E-state index contributed by atoms with van der Waals surface area (Å²) < 4.78 is 40.0. The number of nitrogens with zero attached hydrogens (tertiary/aromatic N) is 4. The molecule has 1 atom stereocenters. The first-order chi connectivity index (χ1) is 12.1. The molecule has 0 saturated heterocycles. The minimum atomic E-state index is -4.38. The van der Waals surface area contributed by atoms with Crippen molar-refractivity contribution in [2.24, 2.45) is 0 Å². The van der Waals surface area contributed by atoms with E-state index in [2.05, 4.69) is 20.3 Å². The predicted molar refractivity (Wildman–Crippen MR) is 88.6 cm³/mol. The molecule has 2 heterocycles. The number of hydrogen-bond acceptors (Lipinski definition) is 4. The van der Waals surface area contributed by atoms with Crippen LogP contribution in [0.5, 0.6) is 0 Å². The average molecular weight is 363 g/mol. The van der Waals surface area contributed by atoms with Gasteiger partial charge in [0.05, 0.1) is 23.5 Å². The predicted octanol–water partition coefficient (Wildman–Crippen LogP) is 3.27. The van der Waals surface area contributed by atoms with E-state index in [9.17, 15) is 18.0 Å². The minimum Gasteiger partial charge on any atom is -0.311 e. The van der Waals surface area contributed by atoms with Crippen LogP contribution >= 0.6 is 0 Å². The van der Waals surface area contributed by atoms with E-state index in [-0.39, 0.29) is 11.6 Å². The third-order valence-corrected chi connectivity index (χ3v) is 4.08. The number of hydrogen-bond donors (Lipinski definition) is 1. The van der Waals surface area contributed by atoms with E-state index in [0.717, 1.165) is 12.1 Å². The van der Waals surface area contributed by atoms with E-state index in [1.807, 2.05) is 6.92 Å². The Morgan fingerprint density at radius 3 is 2.50 bits per heavy atom. The molecule has 0 unspecified atom stereocenters. The first-order valence-corrected chi connectivity index (χ1v) is 7.83. The monoisotopic (exact) mass is 363 g/mol. The summed E-state index contributed by atoms with van der Waals surface area (Å²) in [6.07, 6.45) is -2.76. The fraction of sp³-hybridized carbons (Fsp3) is 0.294. The zero-order chi connectivity index (χ0) is 19.1. The average Bonchev–Trinajstić information content (AvgIpc) is 3.02. The van der Waals surface area contributed by atoms with Gasteiger partial charge in [0.1, 0.15) is 11.5 Å². The van der Waals surface area contributed by atoms with Gasteiger partial charge in [-0.1, -0.05) is 11.3 Å². The van der Waals surface area contributed by atoms with Crippen LogP contribution in [-0.2, 0) is 6.18 Å². The maximum absolute atomic E-state index is 12.8. The number of aromatic amines is 1. The molecule has 0 spiro atoms. The zero-order valence-corrected chi connectivity index (χ0v) is 14.3. The van der Waals surface area contributed by atoms with Crippen LogP contribution in [0.1, 0.15) is 35.5 Å². The van der Waals surface area contributed by atoms with Crippen molar-refractivity contribution in [3.8, 4) is 11.4 Å². The van der Waals surface area contributed by atoms with Crippen LogP contribution in [0.25, 0.3) is 11.4 Å². The van der Waals surface area contributed by atoms with Gasteiger partial charge in [0, 0.05) is 6.07 Å². The van der Waals surface area contributed by atoms with Crippen LogP contribution in [-0.4, -0.2) is 25.0 Å². The molecule has 1 aromatic carbocycles. The van der Waals surface area contributed by atoms with Crippen molar-refractivity contribution < 1.29 is 13.2 Å². The van der Waals surface area contributed by atoms with Crippen LogP contribution in [0.4, 0.5) is 13.2 Å². The highest BCUT2D eigenvalue weighted by Gasteiger charge is 2.31. The fourth-order valence-electron chi connectivity index (χ4n) is 2.76. The highest BCUT2D eigenvalue weighted by atomic mass is 19.4. The number of aryl methyl sites for hydroxylation is 2. The van der Waals surface area contributed by atoms with Crippen LogP contribution in [0, 0.1) is 13.8 Å². The maximum atomic E-state index is 12.8. The Labute approximate surface area is 146 Å². The highest BCUT2D eigenvalue weighted by molar-refractivity contribution is 5.51. The number of aromatic nitrogens is 5. The Morgan fingerprint density at radius 2 is 1.88 bits per heavy atom. The van der Waals surface area contributed by atoms with E-state index in [1.54, 1.807) is 20.0 Å². The molecule has 0 bridgehead atoms. The van der Waals surface area contributed by atoms with Gasteiger partial charge in [-0.2, -0.15) is 13.2 Å². The molecule has 0 aliphatic carbocycles. The van der Waals surface area contributed by atoms with Crippen molar-refractivity contribution in [2.45, 2.75) is 33.0 Å². The molecule has 6 nitrogen and oxygen atoms in total. The molecule has 3 rings (SSSR count). The molecule has 2 aromatic heterocycles. The number of nitrogens with one attached hydrogen (secondary N) is 1. The van der Waals surface area contributed by atoms with Gasteiger partial charge in [-0.3, -0.25) is 4.79 Å². The number of halogens is 3. The SMILES string of the molecule is Cc1nc(-c2cn([C@@H](C)c3ccc(C(F)(F)F)cc3C)nn2)cc(=O)[nH]1. The highest BCUT2D eigenvalue weighted by Crippen LogP contribution is 2.32. The summed E-state index contributed by atoms with van der Waals surface area (Å²) in [6, 6.07) is 4.60. The van der Waals surface area contributed by atoms with Gasteiger partial charge >= 0.3 is 6.18 Å². The number of benzene rings is 1. The summed E-state index contributed by atoms with van der Waals surface area (Å²) in [5.74, 6) is 0.452. The molecule has 0 fully saturated rings. The molecular weight excluding hydrogens is 347 g/mol. The van der Waals surface area contributed by atoms with E-state index in [4.69, 9.17) is 0 Å². The lowest BCUT2D eigenvalue weighted by Crippen LogP contribution is -2.11. The molecule has 0 radical (unpaired) electrons. The third kappa shape index (κ3) is 3.51. The Balaban J connectivity index is 1.93. The molecule has 9 heteroatoms. The van der Waals surface area contributed by atoms with Crippen LogP contribution in [0.2, 0.25) is 0 Å². The molecule has 1 N–H and O–H groups in total. The maximum Gasteiger partial charge on any atom is 0.416 e. The lowest BCUT2D eigenvalue weighted by atomic mass is 10.00. The lowest BCUT2D eigenvalue weighted by Gasteiger charge is -2.16. The van der Waals surface area contributed by atoms with Crippen LogP contribution in [0.3, 0.4) is 0 Å². The summed E-state index contributed by atoms with van der Waals surface area (Å²) in [7, 11) is 0. The van der Waals surface area contributed by atoms with Gasteiger partial charge in [-0.25, -0.2) is 9.67 Å². The van der Waals surface area contributed by atoms with Gasteiger partial charge < -0.3 is 4.98 Å². The van der Waals surface area contributed by atoms with Crippen LogP contribution in [0.15, 0.2) is 35.3 Å². The van der Waals surface area contributed by atoms with E-state index >= 15 is 0 Å². The van der Waals surface area contributed by atoms with Crippen molar-refractivity contribution in [1.82, 2.24) is 25.0 Å². The normalized spacial score (nSPS) is 13.0. The summed E-state index contributed by atoms with van der Waals surface area (Å²) in [5.41, 5.74) is 1.02. The summed E-state index contributed by atoms with van der Waals surface area (Å²) >= 11 is 0. The van der Waals surface area contributed by atoms with Gasteiger partial charge in [-0.05, 0) is 44.0 Å². The molecule has 0 aliphatic rings. The van der Waals surface area contributed by atoms with Crippen molar-refractivity contribution in [3.05, 3.63) is 63.3 Å². The summed E-state index contributed by atoms with van der Waals surface area (Å²) in [5, 5.41) is 8.05. The van der Waals surface area contributed by atoms with Crippen molar-refractivity contribution >= 4 is 0 Å². The number of alkyl halides is 3. The second kappa shape index (κ2) is 6.40. The Bertz CT molecular complexity index is 1010. The molecule has 0 aliphatic heterocycles. The Hall–Kier alpha value is -2.97. The molecular formula is C17H16F3N5O. The molecule has 0 saturated carbocycles. The second-order valence-electron chi connectivity index (χ2n) is 6.04. The van der Waals surface area contributed by atoms with Gasteiger partial charge in [0.25, 0.3) is 5.56 Å². The van der Waals surface area contributed by atoms with Crippen molar-refractivity contribution in [1.29, 1.82) is 0 Å². The topological polar surface area (TPSA) is 76.5 Å². The van der Waals surface area contributed by atoms with Gasteiger partial charge in [0.15, 0.2) is 0 Å². The van der Waals surface area contributed by atoms with Crippen molar-refractivity contribution in [2.75, 3.05) is 0 Å². The summed E-state index contributed by atoms with van der Waals surface area (Å²) in [4.78, 5) is 18.3. The molecule has 136 valence electrons. The smallest absolute Gasteiger partial charge is 0.311 e. The van der Waals surface area contributed by atoms with E-state index in [0.29, 0.717) is 28.3 Å². The zero-order valence-electron chi connectivity index (χ0n) is 14.3. The standard InChI is InChI=1S/C17H16F3N5O/c1-9-6-12(17(18,19)20)4-5-13(9)10(2)25-8-15(23-24-25)14-7-16(26)22-11(3)21-14/h4-8,10H,1-3H3,(H,21,22,26)/t10-/m0/s1. The largest absolute Gasteiger partial charge is 0.416 e. The number of H-pyrrole nitrogens is 1. The summed E-state index contributed by atoms with van der Waals surface area (Å²) in [6.45, 7) is 5.09. The first kappa shape index (κ1) is 17.8. The van der Waals surface area contributed by atoms with Gasteiger partial charge in [0.2, 0.25) is 0 Å². The van der Waals surface area contributed by atoms with E-state index < -0.39 is 11.7 Å². The Morgan fingerprint density at radius 1 is 1.15 bits per heavy atom. The van der Waals surface area contributed by atoms with Crippen LogP contribution < -0.4 is 5.56 Å². The lowest BCUT2D eigenvalue weighted by molar-refractivity contribution is -0.137. The molecule has 26 heavy (non-hydrogen) atoms. The Kier molecular flexibility index (Phi) is 4.39. The fourth-order valence-corrected chi connectivity index (χ4v) is 2.76. The van der Waals surface area contributed by atoms with Gasteiger partial charge in [-0.15, -0.1) is 5.10 Å². The number of rotatable bonds is 3. The first-order valence-electron chi connectivity index (χ1n) is 7.83. The van der Waals surface area contributed by atoms with E-state index in [1.165, 1.54) is 16.8 Å². The second-order valence-corrected chi connectivity index (χ2v) is 6.04. The van der Waals surface area contributed by atoms with Crippen molar-refractivity contribution in [3.63, 3.8) is 0 Å². The molecule has 3 aromatic rings. The molecule has 0 amide bonds. The quantitative estimate of drug-likeness (QED) is 0.775.